The van der Waals surface area contributed by atoms with Gasteiger partial charge in [-0.3, -0.25) is 9.79 Å². The first-order valence-corrected chi connectivity index (χ1v) is 8.83. The van der Waals surface area contributed by atoms with Crippen LogP contribution in [0.1, 0.15) is 56.2 Å². The molecular weight excluding hydrogens is 286 g/mol. The third-order valence-electron chi connectivity index (χ3n) is 5.88. The molecule has 3 heterocycles. The second-order valence-electron chi connectivity index (χ2n) is 7.29. The Morgan fingerprint density at radius 1 is 1.22 bits per heavy atom. The Morgan fingerprint density at radius 2 is 1.91 bits per heavy atom. The highest BCUT2D eigenvalue weighted by Gasteiger charge is 2.37. The van der Waals surface area contributed by atoms with Crippen molar-refractivity contribution >= 4 is 11.6 Å². The van der Waals surface area contributed by atoms with E-state index in [2.05, 4.69) is 35.2 Å². The zero-order valence-corrected chi connectivity index (χ0v) is 14.0. The van der Waals surface area contributed by atoms with Crippen molar-refractivity contribution in [3.05, 3.63) is 35.4 Å². The number of rotatable bonds is 2. The van der Waals surface area contributed by atoms with Gasteiger partial charge in [-0.25, -0.2) is 0 Å². The third kappa shape index (κ3) is 2.59. The van der Waals surface area contributed by atoms with Crippen LogP contribution in [0.4, 0.5) is 0 Å². The van der Waals surface area contributed by atoms with E-state index in [1.54, 1.807) is 0 Å². The van der Waals surface area contributed by atoms with Crippen LogP contribution in [0.25, 0.3) is 0 Å². The maximum atomic E-state index is 12.8. The molecule has 4 rings (SSSR count). The van der Waals surface area contributed by atoms with Gasteiger partial charge in [0.15, 0.2) is 0 Å². The number of hydrogen-bond acceptors (Lipinski definition) is 3. The lowest BCUT2D eigenvalue weighted by molar-refractivity contribution is -0.116. The summed E-state index contributed by atoms with van der Waals surface area (Å²) in [5.74, 6) is 0.00873. The number of nitrogens with one attached hydrogen (secondary N) is 1. The molecule has 0 spiro atoms. The summed E-state index contributed by atoms with van der Waals surface area (Å²) in [4.78, 5) is 19.9. The Balaban J connectivity index is 1.48. The number of piperidine rings is 2. The molecule has 3 aliphatic rings. The normalized spacial score (nSPS) is 33.0. The number of carbonyl (C=O) groups is 1. The van der Waals surface area contributed by atoms with Gasteiger partial charge in [-0.05, 0) is 45.2 Å². The van der Waals surface area contributed by atoms with Crippen molar-refractivity contribution in [3.63, 3.8) is 0 Å². The molecule has 3 aliphatic heterocycles. The van der Waals surface area contributed by atoms with Crippen molar-refractivity contribution < 1.29 is 4.79 Å². The minimum Gasteiger partial charge on any atom is -0.348 e. The smallest absolute Gasteiger partial charge is 0.270 e. The second kappa shape index (κ2) is 5.75. The SMILES string of the molecule is C[C@@H]1N=C(C(=O)NC2C[C@H]3CCC[C@@H](C2)N3C)c2ccccc21. The average molecular weight is 311 g/mol. The fourth-order valence-corrected chi connectivity index (χ4v) is 4.58. The lowest BCUT2D eigenvalue weighted by Crippen LogP contribution is -2.55. The number of carbonyl (C=O) groups excluding carboxylic acids is 1. The van der Waals surface area contributed by atoms with E-state index >= 15 is 0 Å². The number of amides is 1. The topological polar surface area (TPSA) is 44.7 Å². The van der Waals surface area contributed by atoms with Gasteiger partial charge in [0.25, 0.3) is 5.91 Å². The van der Waals surface area contributed by atoms with Crippen molar-refractivity contribution in [2.45, 2.75) is 63.2 Å². The molecule has 4 atom stereocenters. The summed E-state index contributed by atoms with van der Waals surface area (Å²) in [5, 5.41) is 3.28. The van der Waals surface area contributed by atoms with Gasteiger partial charge in [0, 0.05) is 23.7 Å². The first-order chi connectivity index (χ1) is 11.1. The number of hydrogen-bond donors (Lipinski definition) is 1. The predicted octanol–water partition coefficient (Wildman–Crippen LogP) is 2.68. The first-order valence-electron chi connectivity index (χ1n) is 8.83. The fraction of sp³-hybridized carbons (Fsp3) is 0.579. The average Bonchev–Trinajstić information content (AvgIpc) is 2.86. The van der Waals surface area contributed by atoms with Crippen LogP contribution in [0.2, 0.25) is 0 Å². The molecule has 0 radical (unpaired) electrons. The van der Waals surface area contributed by atoms with Crippen LogP contribution in [0, 0.1) is 0 Å². The summed E-state index contributed by atoms with van der Waals surface area (Å²) in [6.45, 7) is 2.05. The molecule has 122 valence electrons. The summed E-state index contributed by atoms with van der Waals surface area (Å²) >= 11 is 0. The van der Waals surface area contributed by atoms with Gasteiger partial charge in [-0.15, -0.1) is 0 Å². The Bertz CT molecular complexity index is 640. The predicted molar refractivity (Wildman–Crippen MR) is 91.7 cm³/mol. The molecule has 23 heavy (non-hydrogen) atoms. The minimum atomic E-state index is 0.00873. The van der Waals surface area contributed by atoms with Gasteiger partial charge in [-0.2, -0.15) is 0 Å². The summed E-state index contributed by atoms with van der Waals surface area (Å²) in [5.41, 5.74) is 2.79. The van der Waals surface area contributed by atoms with Crippen LogP contribution in [-0.2, 0) is 4.79 Å². The Morgan fingerprint density at radius 3 is 2.65 bits per heavy atom. The van der Waals surface area contributed by atoms with E-state index in [9.17, 15) is 4.79 Å². The molecule has 1 amide bonds. The molecule has 2 bridgehead atoms. The molecule has 1 aromatic carbocycles. The monoisotopic (exact) mass is 311 g/mol. The van der Waals surface area contributed by atoms with Gasteiger partial charge < -0.3 is 10.2 Å². The van der Waals surface area contributed by atoms with E-state index in [4.69, 9.17) is 0 Å². The molecule has 2 fully saturated rings. The highest BCUT2D eigenvalue weighted by atomic mass is 16.2. The lowest BCUT2D eigenvalue weighted by atomic mass is 9.82. The van der Waals surface area contributed by atoms with Crippen molar-refractivity contribution in [1.82, 2.24) is 10.2 Å². The zero-order chi connectivity index (χ0) is 16.0. The van der Waals surface area contributed by atoms with Gasteiger partial charge in [0.05, 0.1) is 6.04 Å². The lowest BCUT2D eigenvalue weighted by Gasteiger charge is -2.47. The number of fused-ring (bicyclic) bond motifs is 3. The molecule has 1 aromatic rings. The van der Waals surface area contributed by atoms with Gasteiger partial charge in [0.2, 0.25) is 0 Å². The van der Waals surface area contributed by atoms with Crippen molar-refractivity contribution in [2.75, 3.05) is 7.05 Å². The van der Waals surface area contributed by atoms with Crippen LogP contribution in [0.3, 0.4) is 0 Å². The molecule has 2 saturated heterocycles. The Labute approximate surface area is 138 Å². The van der Waals surface area contributed by atoms with E-state index in [0.29, 0.717) is 23.8 Å². The first kappa shape index (κ1) is 14.9. The summed E-state index contributed by atoms with van der Waals surface area (Å²) in [7, 11) is 2.24. The fourth-order valence-electron chi connectivity index (χ4n) is 4.58. The standard InChI is InChI=1S/C19H25N3O/c1-12-16-8-3-4-9-17(16)18(20-12)19(23)21-13-10-14-6-5-7-15(11-13)22(14)2/h3-4,8-9,12-15H,5-7,10-11H2,1-2H3,(H,21,23)/t12-,13?,14-,15+/m0/s1. The van der Waals surface area contributed by atoms with E-state index in [0.717, 1.165) is 24.0 Å². The Kier molecular flexibility index (Phi) is 3.72. The third-order valence-corrected chi connectivity index (χ3v) is 5.88. The molecule has 1 unspecified atom stereocenters. The number of benzene rings is 1. The summed E-state index contributed by atoms with van der Waals surface area (Å²) < 4.78 is 0. The van der Waals surface area contributed by atoms with E-state index < -0.39 is 0 Å². The molecule has 0 aliphatic carbocycles. The van der Waals surface area contributed by atoms with Gasteiger partial charge in [-0.1, -0.05) is 30.7 Å². The van der Waals surface area contributed by atoms with Crippen molar-refractivity contribution in [1.29, 1.82) is 0 Å². The van der Waals surface area contributed by atoms with Crippen molar-refractivity contribution in [2.24, 2.45) is 4.99 Å². The van der Waals surface area contributed by atoms with E-state index in [1.807, 2.05) is 18.2 Å². The van der Waals surface area contributed by atoms with E-state index in [-0.39, 0.29) is 11.9 Å². The minimum absolute atomic E-state index is 0.00873. The number of nitrogens with zero attached hydrogens (tertiary/aromatic N) is 2. The zero-order valence-electron chi connectivity index (χ0n) is 14.0. The molecule has 0 saturated carbocycles. The number of aliphatic imine (C=N–C) groups is 1. The van der Waals surface area contributed by atoms with Crippen LogP contribution >= 0.6 is 0 Å². The van der Waals surface area contributed by atoms with Crippen LogP contribution in [0.15, 0.2) is 29.3 Å². The maximum Gasteiger partial charge on any atom is 0.270 e. The molecule has 1 N–H and O–H groups in total. The van der Waals surface area contributed by atoms with Crippen molar-refractivity contribution in [3.8, 4) is 0 Å². The van der Waals surface area contributed by atoms with Gasteiger partial charge in [0.1, 0.15) is 5.71 Å². The second-order valence-corrected chi connectivity index (χ2v) is 7.29. The highest BCUT2D eigenvalue weighted by molar-refractivity contribution is 6.46. The van der Waals surface area contributed by atoms with Crippen LogP contribution in [0.5, 0.6) is 0 Å². The largest absolute Gasteiger partial charge is 0.348 e. The van der Waals surface area contributed by atoms with Crippen LogP contribution in [-0.4, -0.2) is 41.7 Å². The van der Waals surface area contributed by atoms with Gasteiger partial charge >= 0.3 is 0 Å². The highest BCUT2D eigenvalue weighted by Crippen LogP contribution is 2.33. The molecule has 4 heteroatoms. The molecule has 0 aromatic heterocycles. The Hall–Kier alpha value is -1.68. The van der Waals surface area contributed by atoms with Crippen LogP contribution < -0.4 is 5.32 Å². The summed E-state index contributed by atoms with van der Waals surface area (Å²) in [6, 6.07) is 9.73. The summed E-state index contributed by atoms with van der Waals surface area (Å²) in [6.07, 6.45) is 6.00. The van der Waals surface area contributed by atoms with E-state index in [1.165, 1.54) is 19.3 Å². The molecular formula is C19H25N3O. The quantitative estimate of drug-likeness (QED) is 0.912. The maximum absolute atomic E-state index is 12.8. The molecule has 4 nitrogen and oxygen atoms in total.